The van der Waals surface area contributed by atoms with E-state index in [2.05, 4.69) is 22.9 Å². The fraction of sp³-hybridized carbons (Fsp3) is 0.292. The first-order valence-electron chi connectivity index (χ1n) is 10.1. The molecular formula is C24H22BrNO4. The fourth-order valence-corrected chi connectivity index (χ4v) is 4.28. The molecule has 1 amide bonds. The molecule has 0 radical (unpaired) electrons. The summed E-state index contributed by atoms with van der Waals surface area (Å²) in [5.74, 6) is 3.81. The van der Waals surface area contributed by atoms with Crippen molar-refractivity contribution in [3.8, 4) is 0 Å². The summed E-state index contributed by atoms with van der Waals surface area (Å²) < 4.78 is 18.5. The van der Waals surface area contributed by atoms with Crippen molar-refractivity contribution in [1.82, 2.24) is 4.90 Å². The third-order valence-corrected chi connectivity index (χ3v) is 6.30. The highest BCUT2D eigenvalue weighted by atomic mass is 79.9. The summed E-state index contributed by atoms with van der Waals surface area (Å²) in [5.41, 5.74) is 1.52. The summed E-state index contributed by atoms with van der Waals surface area (Å²) >= 11 is 3.49. The maximum atomic E-state index is 13.5. The Morgan fingerprint density at radius 2 is 1.93 bits per heavy atom. The van der Waals surface area contributed by atoms with Crippen molar-refractivity contribution in [2.45, 2.75) is 39.3 Å². The standard InChI is InChI=1S/C24H22BrNO4/c1-14-10-19(14)21-8-6-18(29-21)13-26(12-17-4-3-9-28-17)24(27)23-15(2)20-11-16(25)5-7-22(20)30-23/h3-9,11,14,19H,10,12-13H2,1-2H3. The lowest BCUT2D eigenvalue weighted by Crippen LogP contribution is -2.30. The lowest BCUT2D eigenvalue weighted by Gasteiger charge is -2.20. The van der Waals surface area contributed by atoms with Crippen LogP contribution < -0.4 is 0 Å². The summed E-state index contributed by atoms with van der Waals surface area (Å²) in [6.45, 7) is 4.82. The number of hydrogen-bond acceptors (Lipinski definition) is 4. The maximum absolute atomic E-state index is 13.5. The van der Waals surface area contributed by atoms with Crippen LogP contribution in [0.15, 0.2) is 66.5 Å². The highest BCUT2D eigenvalue weighted by molar-refractivity contribution is 9.10. The van der Waals surface area contributed by atoms with Gasteiger partial charge in [-0.3, -0.25) is 4.79 Å². The number of benzene rings is 1. The Morgan fingerprint density at radius 3 is 2.67 bits per heavy atom. The van der Waals surface area contributed by atoms with Gasteiger partial charge in [-0.2, -0.15) is 0 Å². The first-order chi connectivity index (χ1) is 14.5. The molecule has 5 rings (SSSR count). The molecule has 30 heavy (non-hydrogen) atoms. The van der Waals surface area contributed by atoms with Crippen LogP contribution in [-0.2, 0) is 13.1 Å². The zero-order valence-electron chi connectivity index (χ0n) is 16.9. The highest BCUT2D eigenvalue weighted by Crippen LogP contribution is 2.47. The summed E-state index contributed by atoms with van der Waals surface area (Å²) in [6.07, 6.45) is 2.77. The fourth-order valence-electron chi connectivity index (χ4n) is 3.92. The van der Waals surface area contributed by atoms with Crippen LogP contribution in [0, 0.1) is 12.8 Å². The van der Waals surface area contributed by atoms with E-state index in [0.717, 1.165) is 33.4 Å². The molecule has 1 aliphatic rings. The third-order valence-electron chi connectivity index (χ3n) is 5.81. The van der Waals surface area contributed by atoms with Gasteiger partial charge >= 0.3 is 0 Å². The van der Waals surface area contributed by atoms with E-state index in [-0.39, 0.29) is 5.91 Å². The number of carbonyl (C=O) groups is 1. The van der Waals surface area contributed by atoms with E-state index in [1.807, 2.05) is 49.4 Å². The number of aryl methyl sites for hydroxylation is 1. The van der Waals surface area contributed by atoms with Crippen LogP contribution in [0.25, 0.3) is 11.0 Å². The average Bonchev–Trinajstić information content (AvgIpc) is 3.14. The van der Waals surface area contributed by atoms with Crippen molar-refractivity contribution in [1.29, 1.82) is 0 Å². The Bertz CT molecular complexity index is 1200. The molecule has 0 N–H and O–H groups in total. The van der Waals surface area contributed by atoms with E-state index >= 15 is 0 Å². The SMILES string of the molecule is Cc1c(C(=O)N(Cc2ccco2)Cc2ccc(C3CC3C)o2)oc2ccc(Br)cc12. The summed E-state index contributed by atoms with van der Waals surface area (Å²) in [4.78, 5) is 15.2. The molecule has 154 valence electrons. The van der Waals surface area contributed by atoms with Crippen LogP contribution in [0.2, 0.25) is 0 Å². The Kier molecular flexibility index (Phi) is 4.82. The lowest BCUT2D eigenvalue weighted by atomic mass is 10.1. The second kappa shape index (κ2) is 7.51. The van der Waals surface area contributed by atoms with Gasteiger partial charge in [0.15, 0.2) is 5.76 Å². The van der Waals surface area contributed by atoms with Crippen molar-refractivity contribution < 1.29 is 18.0 Å². The topological polar surface area (TPSA) is 59.7 Å². The summed E-state index contributed by atoms with van der Waals surface area (Å²) in [7, 11) is 0. The monoisotopic (exact) mass is 467 g/mol. The van der Waals surface area contributed by atoms with Gasteiger partial charge in [-0.25, -0.2) is 0 Å². The minimum atomic E-state index is -0.186. The van der Waals surface area contributed by atoms with E-state index in [9.17, 15) is 4.79 Å². The van der Waals surface area contributed by atoms with Crippen molar-refractivity contribution >= 4 is 32.8 Å². The molecule has 1 saturated carbocycles. The van der Waals surface area contributed by atoms with E-state index in [1.165, 1.54) is 0 Å². The van der Waals surface area contributed by atoms with E-state index < -0.39 is 0 Å². The number of amides is 1. The van der Waals surface area contributed by atoms with Crippen LogP contribution in [0.1, 0.15) is 52.7 Å². The van der Waals surface area contributed by atoms with Gasteiger partial charge in [0.05, 0.1) is 19.4 Å². The van der Waals surface area contributed by atoms with Crippen molar-refractivity contribution in [2.75, 3.05) is 0 Å². The van der Waals surface area contributed by atoms with Gasteiger partial charge in [0.1, 0.15) is 22.9 Å². The first-order valence-corrected chi connectivity index (χ1v) is 10.9. The lowest BCUT2D eigenvalue weighted by molar-refractivity contribution is 0.0673. The zero-order valence-corrected chi connectivity index (χ0v) is 18.4. The Hall–Kier alpha value is -2.73. The Labute approximate surface area is 182 Å². The zero-order chi connectivity index (χ0) is 20.8. The van der Waals surface area contributed by atoms with Gasteiger partial charge in [0, 0.05) is 21.3 Å². The number of carbonyl (C=O) groups excluding carboxylic acids is 1. The average molecular weight is 468 g/mol. The summed E-state index contributed by atoms with van der Waals surface area (Å²) in [5, 5.41) is 0.925. The van der Waals surface area contributed by atoms with Crippen molar-refractivity contribution in [2.24, 2.45) is 5.92 Å². The van der Waals surface area contributed by atoms with Gasteiger partial charge in [-0.1, -0.05) is 22.9 Å². The number of nitrogens with zero attached hydrogens (tertiary/aromatic N) is 1. The molecule has 1 aromatic carbocycles. The smallest absolute Gasteiger partial charge is 0.290 e. The highest BCUT2D eigenvalue weighted by Gasteiger charge is 2.36. The Balaban J connectivity index is 1.46. The molecular weight excluding hydrogens is 446 g/mol. The van der Waals surface area contributed by atoms with Crippen LogP contribution in [-0.4, -0.2) is 10.8 Å². The number of halogens is 1. The second-order valence-corrected chi connectivity index (χ2v) is 8.98. The van der Waals surface area contributed by atoms with Crippen LogP contribution in [0.3, 0.4) is 0 Å². The van der Waals surface area contributed by atoms with Gasteiger partial charge in [0.25, 0.3) is 5.91 Å². The van der Waals surface area contributed by atoms with E-state index in [1.54, 1.807) is 11.2 Å². The number of fused-ring (bicyclic) bond motifs is 1. The van der Waals surface area contributed by atoms with Crippen molar-refractivity contribution in [3.63, 3.8) is 0 Å². The van der Waals surface area contributed by atoms with Crippen molar-refractivity contribution in [3.05, 3.63) is 81.8 Å². The summed E-state index contributed by atoms with van der Waals surface area (Å²) in [6, 6.07) is 13.4. The molecule has 6 heteroatoms. The molecule has 2 unspecified atom stereocenters. The predicted molar refractivity (Wildman–Crippen MR) is 116 cm³/mol. The minimum Gasteiger partial charge on any atom is -0.467 e. The predicted octanol–water partition coefficient (Wildman–Crippen LogP) is 6.66. The number of furan rings is 3. The quantitative estimate of drug-likeness (QED) is 0.318. The minimum absolute atomic E-state index is 0.186. The van der Waals surface area contributed by atoms with E-state index in [0.29, 0.717) is 42.0 Å². The normalized spacial score (nSPS) is 18.1. The Morgan fingerprint density at radius 1 is 1.13 bits per heavy atom. The molecule has 2 atom stereocenters. The molecule has 0 aliphatic heterocycles. The first kappa shape index (κ1) is 19.2. The van der Waals surface area contributed by atoms with Gasteiger partial charge in [-0.15, -0.1) is 0 Å². The molecule has 5 nitrogen and oxygen atoms in total. The number of rotatable bonds is 6. The molecule has 0 bridgehead atoms. The molecule has 0 saturated heterocycles. The number of hydrogen-bond donors (Lipinski definition) is 0. The van der Waals surface area contributed by atoms with Crippen LogP contribution >= 0.6 is 15.9 Å². The molecule has 0 spiro atoms. The largest absolute Gasteiger partial charge is 0.467 e. The van der Waals surface area contributed by atoms with Crippen LogP contribution in [0.4, 0.5) is 0 Å². The van der Waals surface area contributed by atoms with Crippen LogP contribution in [0.5, 0.6) is 0 Å². The molecule has 1 fully saturated rings. The van der Waals surface area contributed by atoms with Gasteiger partial charge < -0.3 is 18.2 Å². The molecule has 4 aromatic rings. The molecule has 1 aliphatic carbocycles. The van der Waals surface area contributed by atoms with Gasteiger partial charge in [-0.05, 0) is 61.7 Å². The third kappa shape index (κ3) is 3.60. The molecule has 3 aromatic heterocycles. The molecule has 3 heterocycles. The van der Waals surface area contributed by atoms with Gasteiger partial charge in [0.2, 0.25) is 0 Å². The van der Waals surface area contributed by atoms with E-state index in [4.69, 9.17) is 13.3 Å². The second-order valence-electron chi connectivity index (χ2n) is 8.06. The maximum Gasteiger partial charge on any atom is 0.290 e.